The van der Waals surface area contributed by atoms with Crippen molar-refractivity contribution in [1.29, 1.82) is 0 Å². The van der Waals surface area contributed by atoms with Crippen molar-refractivity contribution in [3.63, 3.8) is 0 Å². The molecule has 0 fully saturated rings. The first-order valence-electron chi connectivity index (χ1n) is 5.77. The summed E-state index contributed by atoms with van der Waals surface area (Å²) in [4.78, 5) is 13.4. The van der Waals surface area contributed by atoms with E-state index >= 15 is 0 Å². The van der Waals surface area contributed by atoms with Gasteiger partial charge in [0, 0.05) is 11.6 Å². The zero-order valence-electron chi connectivity index (χ0n) is 10.4. The molecule has 0 atom stereocenters. The van der Waals surface area contributed by atoms with Gasteiger partial charge in [-0.3, -0.25) is 20.4 Å². The van der Waals surface area contributed by atoms with Gasteiger partial charge in [-0.15, -0.1) is 5.10 Å². The fraction of sp³-hybridized carbons (Fsp3) is 0.273. The van der Waals surface area contributed by atoms with E-state index < -0.39 is 4.92 Å². The smallest absolute Gasteiger partial charge is 0.367 e. The molecule has 0 saturated carbocycles. The molecule has 0 aromatic heterocycles. The van der Waals surface area contributed by atoms with Crippen LogP contribution in [0.5, 0.6) is 0 Å². The number of nitrogen functional groups attached to an aromatic ring is 1. The van der Waals surface area contributed by atoms with Crippen LogP contribution in [0.15, 0.2) is 23.3 Å². The van der Waals surface area contributed by atoms with Gasteiger partial charge in [0.05, 0.1) is 23.7 Å². The van der Waals surface area contributed by atoms with Gasteiger partial charge in [-0.25, -0.2) is 0 Å². The predicted molar refractivity (Wildman–Crippen MR) is 71.7 cm³/mol. The molecule has 0 radical (unpaired) electrons. The Kier molecular flexibility index (Phi) is 3.60. The summed E-state index contributed by atoms with van der Waals surface area (Å²) in [6.45, 7) is 3.44. The Labute approximate surface area is 109 Å². The molecule has 100 valence electrons. The Bertz CT molecular complexity index is 566. The lowest BCUT2D eigenvalue weighted by molar-refractivity contribution is -0.446. The molecule has 0 spiro atoms. The van der Waals surface area contributed by atoms with E-state index in [4.69, 9.17) is 5.73 Å². The summed E-state index contributed by atoms with van der Waals surface area (Å²) < 4.78 is 0. The molecular formula is C11H15N6O2+. The van der Waals surface area contributed by atoms with E-state index in [9.17, 15) is 10.1 Å². The lowest BCUT2D eigenvalue weighted by Crippen LogP contribution is -2.73. The van der Waals surface area contributed by atoms with Crippen LogP contribution >= 0.6 is 0 Å². The van der Waals surface area contributed by atoms with Crippen LogP contribution < -0.4 is 21.5 Å². The first-order valence-corrected chi connectivity index (χ1v) is 5.77. The van der Waals surface area contributed by atoms with Gasteiger partial charge in [0.1, 0.15) is 5.69 Å². The molecule has 0 saturated heterocycles. The topological polar surface area (TPSA) is 120 Å². The number of nitrogens with two attached hydrogens (primary N) is 1. The highest BCUT2D eigenvalue weighted by Gasteiger charge is 2.14. The standard InChI is InChI=1S/C11H14N6O2/c1-7(15-16-11-13-4-5-14-11)8-2-3-9(12)10(6-8)17(18)19/h2-3,6H,4-5,12H2,1H3,(H2,13,14,16)/p+1/b15-7+. The van der Waals surface area contributed by atoms with Gasteiger partial charge >= 0.3 is 5.96 Å². The Hall–Kier alpha value is -2.64. The summed E-state index contributed by atoms with van der Waals surface area (Å²) >= 11 is 0. The van der Waals surface area contributed by atoms with E-state index in [2.05, 4.69) is 20.8 Å². The second-order valence-electron chi connectivity index (χ2n) is 4.07. The van der Waals surface area contributed by atoms with Crippen LogP contribution in [0.1, 0.15) is 12.5 Å². The second-order valence-corrected chi connectivity index (χ2v) is 4.07. The van der Waals surface area contributed by atoms with Crippen molar-refractivity contribution in [3.05, 3.63) is 33.9 Å². The first-order chi connectivity index (χ1) is 9.08. The van der Waals surface area contributed by atoms with E-state index in [0.29, 0.717) is 11.3 Å². The van der Waals surface area contributed by atoms with Crippen LogP contribution in [0.25, 0.3) is 0 Å². The molecule has 1 aromatic carbocycles. The van der Waals surface area contributed by atoms with Crippen molar-refractivity contribution in [1.82, 2.24) is 10.7 Å². The summed E-state index contributed by atoms with van der Waals surface area (Å²) in [5, 5.41) is 18.0. The molecule has 0 amide bonds. The number of hydrogen-bond acceptors (Lipinski definition) is 6. The number of nitrogens with one attached hydrogen (secondary N) is 3. The van der Waals surface area contributed by atoms with Crippen molar-refractivity contribution >= 4 is 23.0 Å². The van der Waals surface area contributed by atoms with Crippen LogP contribution in [0, 0.1) is 10.1 Å². The normalized spacial score (nSPS) is 14.8. The predicted octanol–water partition coefficient (Wildman–Crippen LogP) is -1.47. The van der Waals surface area contributed by atoms with Crippen LogP contribution in [0.2, 0.25) is 0 Å². The monoisotopic (exact) mass is 263 g/mol. The molecule has 1 aliphatic rings. The SMILES string of the molecule is C/C(=N\NC1=[NH+]CCN1)c1ccc(N)c([N+](=O)[O-])c1. The number of nitrogens with zero attached hydrogens (tertiary/aromatic N) is 2. The quantitative estimate of drug-likeness (QED) is 0.230. The van der Waals surface area contributed by atoms with Crippen molar-refractivity contribution in [2.75, 3.05) is 18.8 Å². The maximum Gasteiger partial charge on any atom is 0.367 e. The minimum atomic E-state index is -0.506. The van der Waals surface area contributed by atoms with Crippen molar-refractivity contribution in [2.24, 2.45) is 5.10 Å². The molecule has 1 aliphatic heterocycles. The lowest BCUT2D eigenvalue weighted by atomic mass is 10.1. The van der Waals surface area contributed by atoms with Crippen molar-refractivity contribution < 1.29 is 9.92 Å². The van der Waals surface area contributed by atoms with Gasteiger partial charge < -0.3 is 5.73 Å². The lowest BCUT2D eigenvalue weighted by Gasteiger charge is -2.02. The Morgan fingerprint density at radius 3 is 3.05 bits per heavy atom. The number of rotatable bonds is 3. The highest BCUT2D eigenvalue weighted by Crippen LogP contribution is 2.22. The molecule has 8 heteroatoms. The summed E-state index contributed by atoms with van der Waals surface area (Å²) in [6.07, 6.45) is 0. The van der Waals surface area contributed by atoms with Gasteiger partial charge in [0.25, 0.3) is 5.69 Å². The third kappa shape index (κ3) is 2.97. The fourth-order valence-corrected chi connectivity index (χ4v) is 1.65. The maximum absolute atomic E-state index is 10.8. The summed E-state index contributed by atoms with van der Waals surface area (Å²) in [5.74, 6) is 0.726. The molecule has 0 aliphatic carbocycles. The largest absolute Gasteiger partial charge is 0.393 e. The highest BCUT2D eigenvalue weighted by molar-refractivity contribution is 6.00. The molecule has 2 rings (SSSR count). The number of hydrazone groups is 1. The first kappa shape index (κ1) is 12.8. The summed E-state index contributed by atoms with van der Waals surface area (Å²) in [5.41, 5.74) is 9.67. The molecule has 1 aromatic rings. The number of nitro groups is 1. The van der Waals surface area contributed by atoms with Gasteiger partial charge in [0.15, 0.2) is 0 Å². The molecule has 19 heavy (non-hydrogen) atoms. The highest BCUT2D eigenvalue weighted by atomic mass is 16.6. The number of benzene rings is 1. The molecule has 1 heterocycles. The van der Waals surface area contributed by atoms with Crippen molar-refractivity contribution in [2.45, 2.75) is 6.92 Å². The van der Waals surface area contributed by atoms with E-state index in [1.165, 1.54) is 12.1 Å². The minimum Gasteiger partial charge on any atom is -0.393 e. The second kappa shape index (κ2) is 5.34. The average Bonchev–Trinajstić information content (AvgIpc) is 2.89. The van der Waals surface area contributed by atoms with E-state index in [-0.39, 0.29) is 11.4 Å². The number of guanidine groups is 1. The molecule has 8 nitrogen and oxygen atoms in total. The van der Waals surface area contributed by atoms with Crippen LogP contribution in [-0.2, 0) is 0 Å². The minimum absolute atomic E-state index is 0.114. The molecule has 0 bridgehead atoms. The maximum atomic E-state index is 10.8. The zero-order valence-corrected chi connectivity index (χ0v) is 10.4. The van der Waals surface area contributed by atoms with E-state index in [0.717, 1.165) is 19.0 Å². The Morgan fingerprint density at radius 1 is 1.63 bits per heavy atom. The van der Waals surface area contributed by atoms with Gasteiger partial charge in [-0.1, -0.05) is 6.07 Å². The van der Waals surface area contributed by atoms with Crippen molar-refractivity contribution in [3.8, 4) is 0 Å². The number of nitro benzene ring substituents is 1. The summed E-state index contributed by atoms with van der Waals surface area (Å²) in [6, 6.07) is 4.62. The molecule has 0 unspecified atom stereocenters. The zero-order chi connectivity index (χ0) is 13.8. The Balaban J connectivity index is 2.18. The van der Waals surface area contributed by atoms with Gasteiger partial charge in [-0.05, 0) is 13.0 Å². The number of hydrogen-bond donors (Lipinski definition) is 4. The average molecular weight is 263 g/mol. The van der Waals surface area contributed by atoms with E-state index in [1.54, 1.807) is 13.0 Å². The van der Waals surface area contributed by atoms with Crippen LogP contribution in [0.4, 0.5) is 11.4 Å². The third-order valence-corrected chi connectivity index (χ3v) is 2.71. The molecular weight excluding hydrogens is 248 g/mol. The van der Waals surface area contributed by atoms with Gasteiger partial charge in [-0.2, -0.15) is 5.43 Å². The van der Waals surface area contributed by atoms with E-state index in [1.807, 2.05) is 0 Å². The fourth-order valence-electron chi connectivity index (χ4n) is 1.65. The van der Waals surface area contributed by atoms with Crippen LogP contribution in [0.3, 0.4) is 0 Å². The van der Waals surface area contributed by atoms with Crippen LogP contribution in [-0.4, -0.2) is 29.7 Å². The molecule has 5 N–H and O–H groups in total. The van der Waals surface area contributed by atoms with Gasteiger partial charge in [0.2, 0.25) is 0 Å². The number of anilines is 1. The summed E-state index contributed by atoms with van der Waals surface area (Å²) in [7, 11) is 0. The third-order valence-electron chi connectivity index (χ3n) is 2.71. The Morgan fingerprint density at radius 2 is 2.42 bits per heavy atom.